The first-order valence-corrected chi connectivity index (χ1v) is 7.00. The van der Waals surface area contributed by atoms with Gasteiger partial charge in [-0.25, -0.2) is 0 Å². The smallest absolute Gasteiger partial charge is 0.237 e. The van der Waals surface area contributed by atoms with E-state index in [9.17, 15) is 4.79 Å². The van der Waals surface area contributed by atoms with Gasteiger partial charge in [0.2, 0.25) is 5.91 Å². The van der Waals surface area contributed by atoms with Gasteiger partial charge in [-0.3, -0.25) is 4.79 Å². The van der Waals surface area contributed by atoms with Crippen molar-refractivity contribution in [3.8, 4) is 5.75 Å². The molecule has 0 spiro atoms. The third kappa shape index (κ3) is 6.06. The number of carbonyl (C=O) groups is 1. The Bertz CT molecular complexity index is 421. The molecule has 112 valence electrons. The summed E-state index contributed by atoms with van der Waals surface area (Å²) in [7, 11) is 1.66. The lowest BCUT2D eigenvalue weighted by Crippen LogP contribution is -2.49. The molecule has 4 heteroatoms. The second kappa shape index (κ2) is 7.29. The fraction of sp³-hybridized carbons (Fsp3) is 0.562. The maximum Gasteiger partial charge on any atom is 0.237 e. The Morgan fingerprint density at radius 1 is 1.25 bits per heavy atom. The number of methoxy groups -OCH3 is 1. The van der Waals surface area contributed by atoms with Crippen LogP contribution in [0.5, 0.6) is 5.75 Å². The molecule has 0 saturated heterocycles. The van der Waals surface area contributed by atoms with Crippen LogP contribution in [0.3, 0.4) is 0 Å². The van der Waals surface area contributed by atoms with Gasteiger partial charge in [-0.1, -0.05) is 12.1 Å². The molecule has 0 bridgehead atoms. The predicted molar refractivity (Wildman–Crippen MR) is 82.1 cm³/mol. The van der Waals surface area contributed by atoms with Crippen molar-refractivity contribution >= 4 is 5.91 Å². The van der Waals surface area contributed by atoms with Crippen LogP contribution >= 0.6 is 0 Å². The van der Waals surface area contributed by atoms with Crippen LogP contribution in [0.4, 0.5) is 0 Å². The highest BCUT2D eigenvalue weighted by atomic mass is 16.5. The standard InChI is InChI=1S/C16H26N2O2/c1-12(15(19)18-16(2,3)4)17-11-10-13-6-8-14(20-5)9-7-13/h6-9,12,17H,10-11H2,1-5H3,(H,18,19). The van der Waals surface area contributed by atoms with Crippen LogP contribution < -0.4 is 15.4 Å². The molecular weight excluding hydrogens is 252 g/mol. The van der Waals surface area contributed by atoms with E-state index in [1.54, 1.807) is 7.11 Å². The molecule has 2 N–H and O–H groups in total. The zero-order valence-electron chi connectivity index (χ0n) is 13.1. The van der Waals surface area contributed by atoms with Gasteiger partial charge in [0.1, 0.15) is 5.75 Å². The lowest BCUT2D eigenvalue weighted by Gasteiger charge is -2.23. The van der Waals surface area contributed by atoms with E-state index >= 15 is 0 Å². The van der Waals surface area contributed by atoms with Gasteiger partial charge in [-0.05, 0) is 58.4 Å². The highest BCUT2D eigenvalue weighted by molar-refractivity contribution is 5.81. The lowest BCUT2D eigenvalue weighted by molar-refractivity contribution is -0.124. The molecule has 0 aliphatic heterocycles. The molecule has 1 atom stereocenters. The van der Waals surface area contributed by atoms with Crippen molar-refractivity contribution in [1.29, 1.82) is 0 Å². The summed E-state index contributed by atoms with van der Waals surface area (Å²) < 4.78 is 5.12. The minimum Gasteiger partial charge on any atom is -0.497 e. The van der Waals surface area contributed by atoms with Crippen molar-refractivity contribution in [2.75, 3.05) is 13.7 Å². The Morgan fingerprint density at radius 3 is 2.35 bits per heavy atom. The third-order valence-electron chi connectivity index (χ3n) is 2.91. The highest BCUT2D eigenvalue weighted by Gasteiger charge is 2.18. The molecule has 1 amide bonds. The van der Waals surface area contributed by atoms with Crippen LogP contribution in [-0.4, -0.2) is 31.1 Å². The summed E-state index contributed by atoms with van der Waals surface area (Å²) in [6, 6.07) is 7.80. The van der Waals surface area contributed by atoms with Crippen LogP contribution in [-0.2, 0) is 11.2 Å². The molecule has 0 radical (unpaired) electrons. The van der Waals surface area contributed by atoms with Gasteiger partial charge in [0.25, 0.3) is 0 Å². The maximum atomic E-state index is 11.9. The van der Waals surface area contributed by atoms with Gasteiger partial charge >= 0.3 is 0 Å². The Hall–Kier alpha value is -1.55. The van der Waals surface area contributed by atoms with Crippen LogP contribution in [0, 0.1) is 0 Å². The number of rotatable bonds is 6. The van der Waals surface area contributed by atoms with Gasteiger partial charge in [0, 0.05) is 5.54 Å². The van der Waals surface area contributed by atoms with E-state index in [2.05, 4.69) is 10.6 Å². The van der Waals surface area contributed by atoms with E-state index < -0.39 is 0 Å². The van der Waals surface area contributed by atoms with Crippen molar-refractivity contribution in [3.05, 3.63) is 29.8 Å². The Morgan fingerprint density at radius 2 is 1.85 bits per heavy atom. The number of hydrogen-bond donors (Lipinski definition) is 2. The Kier molecular flexibility index (Phi) is 6.02. The minimum absolute atomic E-state index is 0.0345. The highest BCUT2D eigenvalue weighted by Crippen LogP contribution is 2.11. The first-order valence-electron chi connectivity index (χ1n) is 7.00. The average molecular weight is 278 g/mol. The van der Waals surface area contributed by atoms with Crippen molar-refractivity contribution in [1.82, 2.24) is 10.6 Å². The summed E-state index contributed by atoms with van der Waals surface area (Å²) in [6.45, 7) is 8.60. The molecule has 1 aromatic rings. The summed E-state index contributed by atoms with van der Waals surface area (Å²) >= 11 is 0. The second-order valence-electron chi connectivity index (χ2n) is 6.01. The first kappa shape index (κ1) is 16.5. The molecule has 0 aliphatic rings. The van der Waals surface area contributed by atoms with E-state index in [0.717, 1.165) is 18.7 Å². The molecular formula is C16H26N2O2. The fourth-order valence-electron chi connectivity index (χ4n) is 1.80. The number of ether oxygens (including phenoxy) is 1. The molecule has 4 nitrogen and oxygen atoms in total. The molecule has 20 heavy (non-hydrogen) atoms. The molecule has 0 fully saturated rings. The topological polar surface area (TPSA) is 50.4 Å². The van der Waals surface area contributed by atoms with E-state index in [0.29, 0.717) is 0 Å². The molecule has 1 unspecified atom stereocenters. The summed E-state index contributed by atoms with van der Waals surface area (Å²) in [6.07, 6.45) is 0.886. The monoisotopic (exact) mass is 278 g/mol. The summed E-state index contributed by atoms with van der Waals surface area (Å²) in [5.74, 6) is 0.895. The number of amides is 1. The average Bonchev–Trinajstić information content (AvgIpc) is 2.37. The largest absolute Gasteiger partial charge is 0.497 e. The molecule has 1 aromatic carbocycles. The number of nitrogens with one attached hydrogen (secondary N) is 2. The summed E-state index contributed by atoms with van der Waals surface area (Å²) in [4.78, 5) is 11.9. The molecule has 0 heterocycles. The fourth-order valence-corrected chi connectivity index (χ4v) is 1.80. The maximum absolute atomic E-state index is 11.9. The molecule has 1 rings (SSSR count). The zero-order valence-corrected chi connectivity index (χ0v) is 13.1. The van der Waals surface area contributed by atoms with Crippen LogP contribution in [0.15, 0.2) is 24.3 Å². The van der Waals surface area contributed by atoms with Gasteiger partial charge in [0.15, 0.2) is 0 Å². The van der Waals surface area contributed by atoms with Gasteiger partial charge in [0.05, 0.1) is 13.2 Å². The number of hydrogen-bond acceptors (Lipinski definition) is 3. The van der Waals surface area contributed by atoms with Gasteiger partial charge in [-0.15, -0.1) is 0 Å². The van der Waals surface area contributed by atoms with Crippen molar-refractivity contribution in [3.63, 3.8) is 0 Å². The number of carbonyl (C=O) groups excluding carboxylic acids is 1. The predicted octanol–water partition coefficient (Wildman–Crippen LogP) is 2.13. The third-order valence-corrected chi connectivity index (χ3v) is 2.91. The Balaban J connectivity index is 2.34. The quantitative estimate of drug-likeness (QED) is 0.838. The van der Waals surface area contributed by atoms with Gasteiger partial charge in [-0.2, -0.15) is 0 Å². The van der Waals surface area contributed by atoms with Crippen LogP contribution in [0.2, 0.25) is 0 Å². The number of benzene rings is 1. The lowest BCUT2D eigenvalue weighted by atomic mass is 10.1. The minimum atomic E-state index is -0.191. The van der Waals surface area contributed by atoms with Crippen molar-refractivity contribution in [2.45, 2.75) is 45.7 Å². The first-order chi connectivity index (χ1) is 9.31. The van der Waals surface area contributed by atoms with Crippen molar-refractivity contribution < 1.29 is 9.53 Å². The second-order valence-corrected chi connectivity index (χ2v) is 6.01. The molecule has 0 aromatic heterocycles. The summed E-state index contributed by atoms with van der Waals surface area (Å²) in [5, 5.41) is 6.20. The van der Waals surface area contributed by atoms with Crippen LogP contribution in [0.1, 0.15) is 33.3 Å². The van der Waals surface area contributed by atoms with E-state index in [4.69, 9.17) is 4.74 Å². The normalized spacial score (nSPS) is 12.8. The van der Waals surface area contributed by atoms with Gasteiger partial charge < -0.3 is 15.4 Å². The SMILES string of the molecule is COc1ccc(CCNC(C)C(=O)NC(C)(C)C)cc1. The van der Waals surface area contributed by atoms with E-state index in [-0.39, 0.29) is 17.5 Å². The van der Waals surface area contributed by atoms with Crippen LogP contribution in [0.25, 0.3) is 0 Å². The van der Waals surface area contributed by atoms with Crippen molar-refractivity contribution in [2.24, 2.45) is 0 Å². The van der Waals surface area contributed by atoms with E-state index in [1.807, 2.05) is 52.0 Å². The zero-order chi connectivity index (χ0) is 15.2. The van der Waals surface area contributed by atoms with E-state index in [1.165, 1.54) is 5.56 Å². The molecule has 0 saturated carbocycles. The Labute approximate surface area is 121 Å². The summed E-state index contributed by atoms with van der Waals surface area (Å²) in [5.41, 5.74) is 1.03. The molecule has 0 aliphatic carbocycles.